The van der Waals surface area contributed by atoms with Gasteiger partial charge in [0.05, 0.1) is 0 Å². The van der Waals surface area contributed by atoms with E-state index >= 15 is 0 Å². The van der Waals surface area contributed by atoms with Crippen molar-refractivity contribution in [3.63, 3.8) is 0 Å². The minimum atomic E-state index is -0.214. The predicted molar refractivity (Wildman–Crippen MR) is 50.2 cm³/mol. The maximum atomic E-state index is 11.4. The molecule has 0 aliphatic carbocycles. The highest BCUT2D eigenvalue weighted by atomic mass is 16.7. The number of carbonyl (C=O) groups excluding carboxylic acids is 1. The summed E-state index contributed by atoms with van der Waals surface area (Å²) in [6, 6.07) is 0.228. The van der Waals surface area contributed by atoms with E-state index in [1.807, 2.05) is 13.8 Å². The Morgan fingerprint density at radius 1 is 1.38 bits per heavy atom. The van der Waals surface area contributed by atoms with Gasteiger partial charge in [-0.2, -0.15) is 0 Å². The Labute approximate surface area is 79.4 Å². The molecule has 0 unspecified atom stereocenters. The lowest BCUT2D eigenvalue weighted by Crippen LogP contribution is -2.36. The molecule has 0 radical (unpaired) electrons. The first-order chi connectivity index (χ1) is 6.11. The average Bonchev–Trinajstić information content (AvgIpc) is 2.55. The smallest absolute Gasteiger partial charge is 0.351 e. The molecule has 1 aliphatic rings. The van der Waals surface area contributed by atoms with E-state index in [-0.39, 0.29) is 12.1 Å². The van der Waals surface area contributed by atoms with Gasteiger partial charge in [0, 0.05) is 26.2 Å². The van der Waals surface area contributed by atoms with Crippen LogP contribution in [0, 0.1) is 0 Å². The van der Waals surface area contributed by atoms with Gasteiger partial charge >= 0.3 is 6.09 Å². The third kappa shape index (κ3) is 2.88. The van der Waals surface area contributed by atoms with Gasteiger partial charge in [-0.3, -0.25) is 0 Å². The molecule has 0 bridgehead atoms. The summed E-state index contributed by atoms with van der Waals surface area (Å²) in [6.07, 6.45) is 1.98. The van der Waals surface area contributed by atoms with Gasteiger partial charge < -0.3 is 9.74 Å². The first kappa shape index (κ1) is 10.3. The Bertz CT molecular complexity index is 176. The first-order valence-corrected chi connectivity index (χ1v) is 4.81. The lowest BCUT2D eigenvalue weighted by Gasteiger charge is -2.23. The highest BCUT2D eigenvalue weighted by molar-refractivity contribution is 5.67. The van der Waals surface area contributed by atoms with Gasteiger partial charge in [-0.15, -0.1) is 5.06 Å². The first-order valence-electron chi connectivity index (χ1n) is 4.81. The van der Waals surface area contributed by atoms with Crippen molar-refractivity contribution in [2.75, 3.05) is 20.1 Å². The molecule has 1 rings (SSSR count). The van der Waals surface area contributed by atoms with E-state index in [1.54, 1.807) is 17.0 Å². The second-order valence-electron chi connectivity index (χ2n) is 3.69. The molecule has 0 saturated carbocycles. The largest absolute Gasteiger partial charge is 0.428 e. The van der Waals surface area contributed by atoms with Crippen molar-refractivity contribution in [1.82, 2.24) is 9.96 Å². The summed E-state index contributed by atoms with van der Waals surface area (Å²) in [4.78, 5) is 18.3. The summed E-state index contributed by atoms with van der Waals surface area (Å²) in [5.41, 5.74) is 0. The van der Waals surface area contributed by atoms with Crippen LogP contribution in [0.5, 0.6) is 0 Å². The van der Waals surface area contributed by atoms with Crippen LogP contribution in [0.25, 0.3) is 0 Å². The molecule has 4 heteroatoms. The fraction of sp³-hybridized carbons (Fsp3) is 0.889. The molecule has 0 spiro atoms. The molecule has 1 amide bonds. The zero-order valence-electron chi connectivity index (χ0n) is 8.62. The number of hydrogen-bond acceptors (Lipinski definition) is 3. The molecular weight excluding hydrogens is 168 g/mol. The van der Waals surface area contributed by atoms with E-state index in [0.29, 0.717) is 0 Å². The number of hydroxylamine groups is 2. The molecule has 1 saturated heterocycles. The molecule has 4 nitrogen and oxygen atoms in total. The summed E-state index contributed by atoms with van der Waals surface area (Å²) < 4.78 is 0. The zero-order valence-corrected chi connectivity index (χ0v) is 8.62. The number of nitrogens with zero attached hydrogens (tertiary/aromatic N) is 2. The summed E-state index contributed by atoms with van der Waals surface area (Å²) in [7, 11) is 1.78. The summed E-state index contributed by atoms with van der Waals surface area (Å²) in [6.45, 7) is 5.64. The molecule has 0 atom stereocenters. The third-order valence-electron chi connectivity index (χ3n) is 2.31. The number of amides is 1. The van der Waals surface area contributed by atoms with Crippen molar-refractivity contribution in [2.45, 2.75) is 32.7 Å². The number of rotatable bonds is 2. The lowest BCUT2D eigenvalue weighted by atomic mass is 10.4. The van der Waals surface area contributed by atoms with Crippen LogP contribution in [0.3, 0.4) is 0 Å². The van der Waals surface area contributed by atoms with Crippen LogP contribution in [0.4, 0.5) is 4.79 Å². The number of likely N-dealkylation sites (tertiary alicyclic amines) is 1. The van der Waals surface area contributed by atoms with Crippen LogP contribution >= 0.6 is 0 Å². The maximum Gasteiger partial charge on any atom is 0.428 e. The standard InChI is InChI=1S/C9H18N2O2/c1-8(2)10(3)13-9(12)11-6-4-5-7-11/h8H,4-7H2,1-3H3. The Morgan fingerprint density at radius 2 is 1.92 bits per heavy atom. The van der Waals surface area contributed by atoms with Crippen molar-refractivity contribution >= 4 is 6.09 Å². The van der Waals surface area contributed by atoms with Gasteiger partial charge in [-0.25, -0.2) is 4.79 Å². The Morgan fingerprint density at radius 3 is 2.38 bits per heavy atom. The fourth-order valence-electron chi connectivity index (χ4n) is 1.19. The van der Waals surface area contributed by atoms with Crippen molar-refractivity contribution in [1.29, 1.82) is 0 Å². The SMILES string of the molecule is CC(C)N(C)OC(=O)N1CCCC1. The number of carbonyl (C=O) groups is 1. The Hall–Kier alpha value is -0.770. The van der Waals surface area contributed by atoms with Crippen molar-refractivity contribution in [2.24, 2.45) is 0 Å². The van der Waals surface area contributed by atoms with E-state index in [9.17, 15) is 4.79 Å². The van der Waals surface area contributed by atoms with Gasteiger partial charge in [-0.05, 0) is 26.7 Å². The van der Waals surface area contributed by atoms with E-state index in [1.165, 1.54) is 0 Å². The summed E-state index contributed by atoms with van der Waals surface area (Å²) in [5, 5.41) is 1.58. The molecule has 0 N–H and O–H groups in total. The molecular formula is C9H18N2O2. The normalized spacial score (nSPS) is 17.2. The Balaban J connectivity index is 2.31. The minimum absolute atomic E-state index is 0.214. The van der Waals surface area contributed by atoms with Gasteiger partial charge in [0.1, 0.15) is 0 Å². The Kier molecular flexibility index (Phi) is 3.54. The predicted octanol–water partition coefficient (Wildman–Crippen LogP) is 1.47. The maximum absolute atomic E-state index is 11.4. The molecule has 1 fully saturated rings. The minimum Gasteiger partial charge on any atom is -0.351 e. The zero-order chi connectivity index (χ0) is 9.84. The topological polar surface area (TPSA) is 32.8 Å². The molecule has 1 aliphatic heterocycles. The van der Waals surface area contributed by atoms with Crippen molar-refractivity contribution in [3.05, 3.63) is 0 Å². The summed E-state index contributed by atoms with van der Waals surface area (Å²) in [5.74, 6) is 0. The molecule has 0 aromatic carbocycles. The van der Waals surface area contributed by atoms with E-state index in [4.69, 9.17) is 4.84 Å². The quantitative estimate of drug-likeness (QED) is 0.612. The van der Waals surface area contributed by atoms with Crippen LogP contribution in [0.15, 0.2) is 0 Å². The summed E-state index contributed by atoms with van der Waals surface area (Å²) >= 11 is 0. The molecule has 0 aromatic rings. The van der Waals surface area contributed by atoms with Gasteiger partial charge in [-0.1, -0.05) is 0 Å². The van der Waals surface area contributed by atoms with Crippen molar-refractivity contribution in [3.8, 4) is 0 Å². The molecule has 76 valence electrons. The molecule has 1 heterocycles. The van der Waals surface area contributed by atoms with Crippen LogP contribution in [-0.2, 0) is 4.84 Å². The van der Waals surface area contributed by atoms with Gasteiger partial charge in [0.25, 0.3) is 0 Å². The molecule has 0 aromatic heterocycles. The van der Waals surface area contributed by atoms with E-state index < -0.39 is 0 Å². The van der Waals surface area contributed by atoms with Crippen LogP contribution < -0.4 is 0 Å². The lowest BCUT2D eigenvalue weighted by molar-refractivity contribution is -0.111. The second-order valence-corrected chi connectivity index (χ2v) is 3.69. The highest BCUT2D eigenvalue weighted by Crippen LogP contribution is 2.09. The van der Waals surface area contributed by atoms with Gasteiger partial charge in [0.2, 0.25) is 0 Å². The van der Waals surface area contributed by atoms with Crippen LogP contribution in [-0.4, -0.2) is 42.2 Å². The monoisotopic (exact) mass is 186 g/mol. The van der Waals surface area contributed by atoms with E-state index in [2.05, 4.69) is 0 Å². The van der Waals surface area contributed by atoms with Crippen LogP contribution in [0.2, 0.25) is 0 Å². The molecule has 13 heavy (non-hydrogen) atoms. The van der Waals surface area contributed by atoms with E-state index in [0.717, 1.165) is 25.9 Å². The second kappa shape index (κ2) is 4.46. The fourth-order valence-corrected chi connectivity index (χ4v) is 1.19. The van der Waals surface area contributed by atoms with Crippen molar-refractivity contribution < 1.29 is 9.63 Å². The van der Waals surface area contributed by atoms with Crippen LogP contribution in [0.1, 0.15) is 26.7 Å². The average molecular weight is 186 g/mol. The third-order valence-corrected chi connectivity index (χ3v) is 2.31. The highest BCUT2D eigenvalue weighted by Gasteiger charge is 2.21. The number of hydrogen-bond donors (Lipinski definition) is 0. The van der Waals surface area contributed by atoms with Gasteiger partial charge in [0.15, 0.2) is 0 Å².